The summed E-state index contributed by atoms with van der Waals surface area (Å²) in [5.74, 6) is 0.980. The van der Waals surface area contributed by atoms with E-state index in [1.807, 2.05) is 0 Å². The van der Waals surface area contributed by atoms with Crippen LogP contribution in [0.1, 0.15) is 37.8 Å². The Morgan fingerprint density at radius 3 is 2.18 bits per heavy atom. The summed E-state index contributed by atoms with van der Waals surface area (Å²) in [6.45, 7) is 10.3. The molecule has 0 spiro atoms. The SMILES string of the molecule is CCC(CC)NCCOc1cc(C)cc(C)c1. The molecule has 0 radical (unpaired) electrons. The molecule has 0 bridgehead atoms. The molecule has 96 valence electrons. The second-order valence-corrected chi connectivity index (χ2v) is 4.64. The Labute approximate surface area is 105 Å². The van der Waals surface area contributed by atoms with Gasteiger partial charge in [0.05, 0.1) is 0 Å². The van der Waals surface area contributed by atoms with E-state index in [9.17, 15) is 0 Å². The Bertz CT molecular complexity index is 311. The largest absolute Gasteiger partial charge is 0.492 e. The van der Waals surface area contributed by atoms with Crippen molar-refractivity contribution >= 4 is 0 Å². The molecule has 0 aliphatic carbocycles. The Kier molecular flexibility index (Phi) is 6.06. The quantitative estimate of drug-likeness (QED) is 0.731. The van der Waals surface area contributed by atoms with Crippen LogP contribution >= 0.6 is 0 Å². The van der Waals surface area contributed by atoms with Crippen molar-refractivity contribution in [1.82, 2.24) is 5.32 Å². The van der Waals surface area contributed by atoms with E-state index >= 15 is 0 Å². The Morgan fingerprint density at radius 2 is 1.65 bits per heavy atom. The van der Waals surface area contributed by atoms with Crippen molar-refractivity contribution < 1.29 is 4.74 Å². The van der Waals surface area contributed by atoms with Gasteiger partial charge < -0.3 is 10.1 Å². The molecule has 1 aromatic rings. The second-order valence-electron chi connectivity index (χ2n) is 4.64. The average molecular weight is 235 g/mol. The third kappa shape index (κ3) is 5.22. The predicted molar refractivity (Wildman–Crippen MR) is 73.8 cm³/mol. The topological polar surface area (TPSA) is 21.3 Å². The summed E-state index contributed by atoms with van der Waals surface area (Å²) in [6, 6.07) is 6.96. The molecule has 0 fully saturated rings. The van der Waals surface area contributed by atoms with Crippen LogP contribution in [-0.2, 0) is 0 Å². The number of nitrogens with one attached hydrogen (secondary N) is 1. The zero-order chi connectivity index (χ0) is 12.7. The van der Waals surface area contributed by atoms with E-state index in [1.165, 1.54) is 24.0 Å². The summed E-state index contributed by atoms with van der Waals surface area (Å²) >= 11 is 0. The summed E-state index contributed by atoms with van der Waals surface area (Å²) in [5.41, 5.74) is 2.51. The number of benzene rings is 1. The fraction of sp³-hybridized carbons (Fsp3) is 0.600. The smallest absolute Gasteiger partial charge is 0.119 e. The molecule has 1 N–H and O–H groups in total. The third-order valence-electron chi connectivity index (χ3n) is 2.98. The van der Waals surface area contributed by atoms with Crippen molar-refractivity contribution in [3.05, 3.63) is 29.3 Å². The van der Waals surface area contributed by atoms with Gasteiger partial charge in [-0.15, -0.1) is 0 Å². The summed E-state index contributed by atoms with van der Waals surface area (Å²) in [6.07, 6.45) is 2.36. The minimum absolute atomic E-state index is 0.623. The fourth-order valence-corrected chi connectivity index (χ4v) is 2.03. The zero-order valence-corrected chi connectivity index (χ0v) is 11.5. The molecule has 0 aliphatic rings. The lowest BCUT2D eigenvalue weighted by Crippen LogP contribution is -2.31. The first-order chi connectivity index (χ1) is 8.15. The van der Waals surface area contributed by atoms with E-state index < -0.39 is 0 Å². The number of ether oxygens (including phenoxy) is 1. The van der Waals surface area contributed by atoms with Gasteiger partial charge in [-0.3, -0.25) is 0 Å². The van der Waals surface area contributed by atoms with Gasteiger partial charge in [-0.1, -0.05) is 19.9 Å². The van der Waals surface area contributed by atoms with Crippen LogP contribution < -0.4 is 10.1 Å². The van der Waals surface area contributed by atoms with Gasteiger partial charge in [0.25, 0.3) is 0 Å². The standard InChI is InChI=1S/C15H25NO/c1-5-14(6-2)16-7-8-17-15-10-12(3)9-13(4)11-15/h9-11,14,16H,5-8H2,1-4H3. The van der Waals surface area contributed by atoms with Crippen LogP contribution in [0.25, 0.3) is 0 Å². The van der Waals surface area contributed by atoms with Gasteiger partial charge in [0.15, 0.2) is 0 Å². The summed E-state index contributed by atoms with van der Waals surface area (Å²) < 4.78 is 5.74. The van der Waals surface area contributed by atoms with Gasteiger partial charge in [0.1, 0.15) is 12.4 Å². The highest BCUT2D eigenvalue weighted by molar-refractivity contribution is 5.32. The van der Waals surface area contributed by atoms with Crippen molar-refractivity contribution in [2.24, 2.45) is 0 Å². The van der Waals surface area contributed by atoms with E-state index in [-0.39, 0.29) is 0 Å². The minimum atomic E-state index is 0.623. The Morgan fingerprint density at radius 1 is 1.06 bits per heavy atom. The van der Waals surface area contributed by atoms with Crippen molar-refractivity contribution in [2.75, 3.05) is 13.2 Å². The van der Waals surface area contributed by atoms with Crippen LogP contribution in [0.15, 0.2) is 18.2 Å². The van der Waals surface area contributed by atoms with Crippen molar-refractivity contribution in [2.45, 2.75) is 46.6 Å². The van der Waals surface area contributed by atoms with Crippen LogP contribution in [-0.4, -0.2) is 19.2 Å². The third-order valence-corrected chi connectivity index (χ3v) is 2.98. The maximum absolute atomic E-state index is 5.74. The van der Waals surface area contributed by atoms with E-state index in [4.69, 9.17) is 4.74 Å². The van der Waals surface area contributed by atoms with Crippen LogP contribution in [0.4, 0.5) is 0 Å². The molecule has 0 amide bonds. The van der Waals surface area contributed by atoms with E-state index in [1.54, 1.807) is 0 Å². The molecule has 1 aromatic carbocycles. The molecule has 0 atom stereocenters. The van der Waals surface area contributed by atoms with Crippen LogP contribution in [0, 0.1) is 13.8 Å². The number of rotatable bonds is 7. The lowest BCUT2D eigenvalue weighted by atomic mass is 10.1. The predicted octanol–water partition coefficient (Wildman–Crippen LogP) is 3.46. The normalized spacial score (nSPS) is 10.9. The molecule has 0 aliphatic heterocycles. The van der Waals surface area contributed by atoms with Crippen molar-refractivity contribution in [3.8, 4) is 5.75 Å². The number of hydrogen-bond donors (Lipinski definition) is 1. The molecule has 0 saturated carbocycles. The van der Waals surface area contributed by atoms with Gasteiger partial charge in [0.2, 0.25) is 0 Å². The molecular formula is C15H25NO. The first kappa shape index (κ1) is 14.0. The highest BCUT2D eigenvalue weighted by Gasteiger charge is 2.01. The van der Waals surface area contributed by atoms with Gasteiger partial charge in [-0.2, -0.15) is 0 Å². The van der Waals surface area contributed by atoms with E-state index in [0.29, 0.717) is 6.04 Å². The highest BCUT2D eigenvalue weighted by atomic mass is 16.5. The molecule has 0 aromatic heterocycles. The molecule has 2 heteroatoms. The van der Waals surface area contributed by atoms with Crippen LogP contribution in [0.5, 0.6) is 5.75 Å². The lowest BCUT2D eigenvalue weighted by molar-refractivity contribution is 0.302. The zero-order valence-electron chi connectivity index (χ0n) is 11.5. The molecule has 2 nitrogen and oxygen atoms in total. The summed E-state index contributed by atoms with van der Waals surface area (Å²) in [5, 5.41) is 3.49. The molecule has 0 saturated heterocycles. The Hall–Kier alpha value is -1.02. The summed E-state index contributed by atoms with van der Waals surface area (Å²) in [4.78, 5) is 0. The molecule has 1 rings (SSSR count). The summed E-state index contributed by atoms with van der Waals surface area (Å²) in [7, 11) is 0. The maximum Gasteiger partial charge on any atom is 0.119 e. The van der Waals surface area contributed by atoms with Gasteiger partial charge in [0, 0.05) is 12.6 Å². The minimum Gasteiger partial charge on any atom is -0.492 e. The molecule has 0 heterocycles. The highest BCUT2D eigenvalue weighted by Crippen LogP contribution is 2.15. The van der Waals surface area contributed by atoms with Gasteiger partial charge in [-0.05, 0) is 49.9 Å². The Balaban J connectivity index is 2.31. The van der Waals surface area contributed by atoms with E-state index in [2.05, 4.69) is 51.2 Å². The first-order valence-electron chi connectivity index (χ1n) is 6.60. The van der Waals surface area contributed by atoms with Gasteiger partial charge >= 0.3 is 0 Å². The lowest BCUT2D eigenvalue weighted by Gasteiger charge is -2.15. The number of aryl methyl sites for hydroxylation is 2. The van der Waals surface area contributed by atoms with Crippen LogP contribution in [0.3, 0.4) is 0 Å². The van der Waals surface area contributed by atoms with Crippen LogP contribution in [0.2, 0.25) is 0 Å². The van der Waals surface area contributed by atoms with E-state index in [0.717, 1.165) is 18.9 Å². The molecule has 0 unspecified atom stereocenters. The van der Waals surface area contributed by atoms with Crippen molar-refractivity contribution in [3.63, 3.8) is 0 Å². The number of hydrogen-bond acceptors (Lipinski definition) is 2. The second kappa shape index (κ2) is 7.33. The molecule has 17 heavy (non-hydrogen) atoms. The fourth-order valence-electron chi connectivity index (χ4n) is 2.03. The monoisotopic (exact) mass is 235 g/mol. The van der Waals surface area contributed by atoms with Gasteiger partial charge in [-0.25, -0.2) is 0 Å². The van der Waals surface area contributed by atoms with Crippen molar-refractivity contribution in [1.29, 1.82) is 0 Å². The maximum atomic E-state index is 5.74. The average Bonchev–Trinajstić information content (AvgIpc) is 2.28. The first-order valence-corrected chi connectivity index (χ1v) is 6.60. The molecular weight excluding hydrogens is 210 g/mol.